The third kappa shape index (κ3) is 3.50. The fourth-order valence-corrected chi connectivity index (χ4v) is 2.49. The van der Waals surface area contributed by atoms with E-state index in [1.54, 1.807) is 0 Å². The minimum Gasteiger partial charge on any atom is -0.313 e. The second-order valence-corrected chi connectivity index (χ2v) is 5.30. The van der Waals surface area contributed by atoms with E-state index in [0.717, 1.165) is 37.8 Å². The Balaban J connectivity index is 1.70. The van der Waals surface area contributed by atoms with Crippen LogP contribution in [0.5, 0.6) is 0 Å². The Hall–Kier alpha value is -0.520. The fourth-order valence-electron chi connectivity index (χ4n) is 1.69. The van der Waals surface area contributed by atoms with Gasteiger partial charge >= 0.3 is 0 Å². The Bertz CT molecular complexity index is 322. The molecule has 0 atom stereocenters. The van der Waals surface area contributed by atoms with Crippen LogP contribution in [0.25, 0.3) is 0 Å². The number of likely N-dealkylation sites (N-methyl/N-ethyl adjacent to an activating group) is 1. The highest BCUT2D eigenvalue weighted by molar-refractivity contribution is 7.05. The first-order valence-corrected chi connectivity index (χ1v) is 6.79. The van der Waals surface area contributed by atoms with Gasteiger partial charge in [0, 0.05) is 25.7 Å². The molecule has 2 rings (SSSR count). The van der Waals surface area contributed by atoms with Gasteiger partial charge in [0.05, 0.1) is 10.6 Å². The molecule has 5 heteroatoms. The zero-order valence-corrected chi connectivity index (χ0v) is 10.9. The highest BCUT2D eigenvalue weighted by atomic mass is 32.1. The number of aryl methyl sites for hydroxylation is 1. The summed E-state index contributed by atoms with van der Waals surface area (Å²) in [5.74, 6) is 0. The Morgan fingerprint density at radius 1 is 1.50 bits per heavy atom. The van der Waals surface area contributed by atoms with Crippen molar-refractivity contribution in [2.45, 2.75) is 38.8 Å². The van der Waals surface area contributed by atoms with Crippen molar-refractivity contribution in [3.63, 3.8) is 0 Å². The van der Waals surface area contributed by atoms with Gasteiger partial charge in [-0.25, -0.2) is 0 Å². The Labute approximate surface area is 101 Å². The van der Waals surface area contributed by atoms with E-state index >= 15 is 0 Å². The van der Waals surface area contributed by atoms with Gasteiger partial charge in [-0.1, -0.05) is 11.4 Å². The molecule has 0 bridgehead atoms. The maximum absolute atomic E-state index is 4.13. The predicted molar refractivity (Wildman–Crippen MR) is 66.6 cm³/mol. The molecule has 1 aliphatic carbocycles. The molecule has 0 aliphatic heterocycles. The van der Waals surface area contributed by atoms with E-state index in [0.29, 0.717) is 0 Å². The SMILES string of the molecule is CCc1nnsc1CN(C)CCNC1CC1. The van der Waals surface area contributed by atoms with Crippen molar-refractivity contribution < 1.29 is 0 Å². The van der Waals surface area contributed by atoms with E-state index in [1.165, 1.54) is 29.3 Å². The molecule has 1 saturated carbocycles. The standard InChI is InChI=1S/C11H20N4S/c1-3-10-11(16-14-13-10)8-15(2)7-6-12-9-4-5-9/h9,12H,3-8H2,1-2H3. The topological polar surface area (TPSA) is 41.1 Å². The van der Waals surface area contributed by atoms with E-state index < -0.39 is 0 Å². The molecule has 4 nitrogen and oxygen atoms in total. The first-order chi connectivity index (χ1) is 7.79. The van der Waals surface area contributed by atoms with E-state index in [4.69, 9.17) is 0 Å². The minimum atomic E-state index is 0.810. The van der Waals surface area contributed by atoms with Crippen LogP contribution >= 0.6 is 11.5 Å². The summed E-state index contributed by atoms with van der Waals surface area (Å²) in [5.41, 5.74) is 1.16. The van der Waals surface area contributed by atoms with Gasteiger partial charge in [-0.2, -0.15) is 0 Å². The molecule has 0 aromatic carbocycles. The molecule has 1 N–H and O–H groups in total. The molecule has 1 aromatic rings. The smallest absolute Gasteiger partial charge is 0.0798 e. The van der Waals surface area contributed by atoms with Crippen LogP contribution in [0.3, 0.4) is 0 Å². The zero-order chi connectivity index (χ0) is 11.4. The molecule has 1 aromatic heterocycles. The summed E-state index contributed by atoms with van der Waals surface area (Å²) in [5, 5.41) is 7.66. The maximum atomic E-state index is 4.13. The maximum Gasteiger partial charge on any atom is 0.0798 e. The Kier molecular flexibility index (Phi) is 4.26. The van der Waals surface area contributed by atoms with Crippen LogP contribution in [-0.4, -0.2) is 40.7 Å². The van der Waals surface area contributed by atoms with Crippen molar-refractivity contribution in [2.24, 2.45) is 0 Å². The summed E-state index contributed by atoms with van der Waals surface area (Å²) in [7, 11) is 2.16. The van der Waals surface area contributed by atoms with Crippen molar-refractivity contribution in [3.8, 4) is 0 Å². The van der Waals surface area contributed by atoms with Crippen LogP contribution < -0.4 is 5.32 Å². The number of hydrogen-bond acceptors (Lipinski definition) is 5. The van der Waals surface area contributed by atoms with E-state index in [-0.39, 0.29) is 0 Å². The monoisotopic (exact) mass is 240 g/mol. The molecule has 0 saturated heterocycles. The van der Waals surface area contributed by atoms with Crippen LogP contribution in [-0.2, 0) is 13.0 Å². The third-order valence-electron chi connectivity index (χ3n) is 2.89. The van der Waals surface area contributed by atoms with Crippen LogP contribution in [0.2, 0.25) is 0 Å². The molecule has 0 amide bonds. The van der Waals surface area contributed by atoms with Gasteiger partial charge in [-0.3, -0.25) is 4.90 Å². The number of rotatable bonds is 7. The molecule has 0 unspecified atom stereocenters. The van der Waals surface area contributed by atoms with E-state index in [1.807, 2.05) is 0 Å². The van der Waals surface area contributed by atoms with Crippen LogP contribution in [0.15, 0.2) is 0 Å². The Morgan fingerprint density at radius 3 is 3.00 bits per heavy atom. The van der Waals surface area contributed by atoms with Gasteiger partial charge in [0.2, 0.25) is 0 Å². The summed E-state index contributed by atoms with van der Waals surface area (Å²) in [6, 6.07) is 0.810. The summed E-state index contributed by atoms with van der Waals surface area (Å²) >= 11 is 1.53. The van der Waals surface area contributed by atoms with Gasteiger partial charge in [-0.05, 0) is 37.8 Å². The summed E-state index contributed by atoms with van der Waals surface area (Å²) in [6.45, 7) is 5.30. The molecule has 1 fully saturated rings. The molecule has 1 heterocycles. The van der Waals surface area contributed by atoms with Crippen LogP contribution in [0.4, 0.5) is 0 Å². The minimum absolute atomic E-state index is 0.810. The van der Waals surface area contributed by atoms with Gasteiger partial charge in [0.15, 0.2) is 0 Å². The highest BCUT2D eigenvalue weighted by Gasteiger charge is 2.19. The van der Waals surface area contributed by atoms with E-state index in [9.17, 15) is 0 Å². The molecule has 1 aliphatic rings. The van der Waals surface area contributed by atoms with Gasteiger partial charge in [0.1, 0.15) is 0 Å². The first kappa shape index (κ1) is 12.0. The first-order valence-electron chi connectivity index (χ1n) is 6.01. The van der Waals surface area contributed by atoms with Crippen molar-refractivity contribution in [1.29, 1.82) is 0 Å². The lowest BCUT2D eigenvalue weighted by Crippen LogP contribution is -2.30. The third-order valence-corrected chi connectivity index (χ3v) is 3.64. The summed E-state index contributed by atoms with van der Waals surface area (Å²) in [6.07, 6.45) is 3.71. The molecule has 16 heavy (non-hydrogen) atoms. The average Bonchev–Trinajstić information content (AvgIpc) is 2.98. The predicted octanol–water partition coefficient (Wildman–Crippen LogP) is 1.28. The fraction of sp³-hybridized carbons (Fsp3) is 0.818. The molecular formula is C11H20N4S. The molecule has 0 spiro atoms. The van der Waals surface area contributed by atoms with Crippen molar-refractivity contribution in [2.75, 3.05) is 20.1 Å². The second kappa shape index (κ2) is 5.70. The number of nitrogens with one attached hydrogen (secondary N) is 1. The van der Waals surface area contributed by atoms with E-state index in [2.05, 4.69) is 33.8 Å². The largest absolute Gasteiger partial charge is 0.313 e. The Morgan fingerprint density at radius 2 is 2.31 bits per heavy atom. The lowest BCUT2D eigenvalue weighted by atomic mass is 10.3. The molecule has 90 valence electrons. The lowest BCUT2D eigenvalue weighted by molar-refractivity contribution is 0.325. The molecular weight excluding hydrogens is 220 g/mol. The van der Waals surface area contributed by atoms with Gasteiger partial charge < -0.3 is 5.32 Å². The normalized spacial score (nSPS) is 15.9. The number of hydrogen-bond donors (Lipinski definition) is 1. The van der Waals surface area contributed by atoms with Crippen LogP contribution in [0.1, 0.15) is 30.3 Å². The number of nitrogens with zero attached hydrogens (tertiary/aromatic N) is 3. The number of aromatic nitrogens is 2. The van der Waals surface area contributed by atoms with Gasteiger partial charge in [0.25, 0.3) is 0 Å². The quantitative estimate of drug-likeness (QED) is 0.779. The lowest BCUT2D eigenvalue weighted by Gasteiger charge is -2.15. The van der Waals surface area contributed by atoms with Crippen molar-refractivity contribution >= 4 is 11.5 Å². The van der Waals surface area contributed by atoms with Crippen molar-refractivity contribution in [3.05, 3.63) is 10.6 Å². The molecule has 0 radical (unpaired) electrons. The zero-order valence-electron chi connectivity index (χ0n) is 10.1. The van der Waals surface area contributed by atoms with Crippen molar-refractivity contribution in [1.82, 2.24) is 19.8 Å². The summed E-state index contributed by atoms with van der Waals surface area (Å²) < 4.78 is 4.01. The average molecular weight is 240 g/mol. The second-order valence-electron chi connectivity index (χ2n) is 4.46. The van der Waals surface area contributed by atoms with Gasteiger partial charge in [-0.15, -0.1) is 5.10 Å². The highest BCUT2D eigenvalue weighted by Crippen LogP contribution is 2.18. The summed E-state index contributed by atoms with van der Waals surface area (Å²) in [4.78, 5) is 3.65. The van der Waals surface area contributed by atoms with Crippen LogP contribution in [0, 0.1) is 0 Å².